The number of likely N-dealkylation sites (N-methyl/N-ethyl adjacent to an activating group) is 1. The lowest BCUT2D eigenvalue weighted by Crippen LogP contribution is -2.56. The van der Waals surface area contributed by atoms with Crippen LogP contribution in [0.1, 0.15) is 26.2 Å². The lowest BCUT2D eigenvalue weighted by atomic mass is 9.75. The Morgan fingerprint density at radius 2 is 2.07 bits per heavy atom. The molecule has 3 nitrogen and oxygen atoms in total. The summed E-state index contributed by atoms with van der Waals surface area (Å²) < 4.78 is 5.28. The van der Waals surface area contributed by atoms with E-state index in [9.17, 15) is 0 Å². The van der Waals surface area contributed by atoms with Gasteiger partial charge in [0.05, 0.1) is 6.61 Å². The van der Waals surface area contributed by atoms with Gasteiger partial charge in [0.1, 0.15) is 0 Å². The zero-order valence-corrected chi connectivity index (χ0v) is 9.81. The summed E-state index contributed by atoms with van der Waals surface area (Å²) in [6.45, 7) is 5.77. The Balaban J connectivity index is 2.09. The molecule has 3 heteroatoms. The van der Waals surface area contributed by atoms with Crippen LogP contribution in [-0.4, -0.2) is 50.8 Å². The third-order valence-electron chi connectivity index (χ3n) is 3.31. The van der Waals surface area contributed by atoms with Gasteiger partial charge in [0, 0.05) is 25.2 Å². The molecule has 0 amide bonds. The fourth-order valence-corrected chi connectivity index (χ4v) is 1.98. The van der Waals surface area contributed by atoms with Gasteiger partial charge in [-0.05, 0) is 40.3 Å². The van der Waals surface area contributed by atoms with E-state index in [1.54, 1.807) is 0 Å². The summed E-state index contributed by atoms with van der Waals surface area (Å²) >= 11 is 0. The van der Waals surface area contributed by atoms with E-state index < -0.39 is 0 Å². The molecule has 0 radical (unpaired) electrons. The van der Waals surface area contributed by atoms with Crippen molar-refractivity contribution in [2.45, 2.75) is 31.7 Å². The molecule has 0 spiro atoms. The van der Waals surface area contributed by atoms with Gasteiger partial charge >= 0.3 is 0 Å². The molecule has 1 rings (SSSR count). The van der Waals surface area contributed by atoms with Gasteiger partial charge in [-0.2, -0.15) is 0 Å². The largest absolute Gasteiger partial charge is 0.380 e. The third-order valence-corrected chi connectivity index (χ3v) is 3.31. The Morgan fingerprint density at radius 3 is 2.50 bits per heavy atom. The molecular formula is C11H24N2O. The fourth-order valence-electron chi connectivity index (χ4n) is 1.98. The summed E-state index contributed by atoms with van der Waals surface area (Å²) in [6, 6.07) is 0. The van der Waals surface area contributed by atoms with E-state index in [0.717, 1.165) is 26.3 Å². The number of nitrogens with one attached hydrogen (secondary N) is 1. The highest BCUT2D eigenvalue weighted by atomic mass is 16.5. The van der Waals surface area contributed by atoms with Gasteiger partial charge in [-0.25, -0.2) is 0 Å². The molecule has 84 valence electrons. The van der Waals surface area contributed by atoms with Crippen molar-refractivity contribution in [2.24, 2.45) is 0 Å². The van der Waals surface area contributed by atoms with Gasteiger partial charge in [0.2, 0.25) is 0 Å². The second kappa shape index (κ2) is 5.69. The monoisotopic (exact) mass is 200 g/mol. The Morgan fingerprint density at radius 1 is 1.36 bits per heavy atom. The van der Waals surface area contributed by atoms with E-state index >= 15 is 0 Å². The number of rotatable bonds is 7. The maximum Gasteiger partial charge on any atom is 0.0590 e. The molecule has 0 aromatic carbocycles. The quantitative estimate of drug-likeness (QED) is 0.623. The van der Waals surface area contributed by atoms with Crippen LogP contribution in [-0.2, 0) is 4.74 Å². The molecule has 0 atom stereocenters. The zero-order valence-electron chi connectivity index (χ0n) is 9.81. The van der Waals surface area contributed by atoms with E-state index in [2.05, 4.69) is 24.3 Å². The van der Waals surface area contributed by atoms with Crippen molar-refractivity contribution in [3.05, 3.63) is 0 Å². The number of nitrogens with zero attached hydrogens (tertiary/aromatic N) is 1. The van der Waals surface area contributed by atoms with Gasteiger partial charge in [0.15, 0.2) is 0 Å². The molecule has 0 saturated heterocycles. The van der Waals surface area contributed by atoms with Gasteiger partial charge in [-0.3, -0.25) is 0 Å². The van der Waals surface area contributed by atoms with E-state index in [1.165, 1.54) is 19.3 Å². The van der Waals surface area contributed by atoms with Crippen LogP contribution in [0.4, 0.5) is 0 Å². The minimum atomic E-state index is 0.437. The topological polar surface area (TPSA) is 24.5 Å². The number of hydrogen-bond acceptors (Lipinski definition) is 3. The Bertz CT molecular complexity index is 155. The molecule has 1 aliphatic carbocycles. The molecule has 1 N–H and O–H groups in total. The first-order valence-electron chi connectivity index (χ1n) is 5.67. The van der Waals surface area contributed by atoms with Crippen molar-refractivity contribution < 1.29 is 4.74 Å². The molecular weight excluding hydrogens is 176 g/mol. The van der Waals surface area contributed by atoms with Crippen LogP contribution in [0, 0.1) is 0 Å². The van der Waals surface area contributed by atoms with Crippen molar-refractivity contribution in [1.29, 1.82) is 0 Å². The molecule has 0 aromatic heterocycles. The van der Waals surface area contributed by atoms with Gasteiger partial charge in [-0.15, -0.1) is 0 Å². The first-order valence-corrected chi connectivity index (χ1v) is 5.67. The van der Waals surface area contributed by atoms with Crippen LogP contribution in [0.5, 0.6) is 0 Å². The molecule has 14 heavy (non-hydrogen) atoms. The summed E-state index contributed by atoms with van der Waals surface area (Å²) in [5, 5.41) is 3.48. The van der Waals surface area contributed by atoms with Gasteiger partial charge in [0.25, 0.3) is 0 Å². The lowest BCUT2D eigenvalue weighted by Gasteiger charge is -2.47. The van der Waals surface area contributed by atoms with Gasteiger partial charge in [-0.1, -0.05) is 0 Å². The minimum Gasteiger partial charge on any atom is -0.380 e. The minimum absolute atomic E-state index is 0.437. The molecule has 0 heterocycles. The van der Waals surface area contributed by atoms with Crippen molar-refractivity contribution >= 4 is 0 Å². The van der Waals surface area contributed by atoms with E-state index in [1.807, 2.05) is 6.92 Å². The van der Waals surface area contributed by atoms with Crippen molar-refractivity contribution in [3.8, 4) is 0 Å². The number of ether oxygens (including phenoxy) is 1. The molecule has 1 fully saturated rings. The van der Waals surface area contributed by atoms with Crippen molar-refractivity contribution in [1.82, 2.24) is 10.2 Å². The Labute approximate surface area is 87.8 Å². The maximum absolute atomic E-state index is 5.28. The highest BCUT2D eigenvalue weighted by Crippen LogP contribution is 2.35. The fraction of sp³-hybridized carbons (Fsp3) is 1.00. The van der Waals surface area contributed by atoms with Crippen LogP contribution < -0.4 is 5.32 Å². The molecule has 0 bridgehead atoms. The smallest absolute Gasteiger partial charge is 0.0590 e. The van der Waals surface area contributed by atoms with Crippen molar-refractivity contribution in [3.63, 3.8) is 0 Å². The lowest BCUT2D eigenvalue weighted by molar-refractivity contribution is 0.0569. The molecule has 1 aliphatic rings. The van der Waals surface area contributed by atoms with E-state index in [4.69, 9.17) is 4.74 Å². The van der Waals surface area contributed by atoms with Crippen LogP contribution in [0.25, 0.3) is 0 Å². The summed E-state index contributed by atoms with van der Waals surface area (Å²) in [6.07, 6.45) is 4.05. The normalized spacial score (nSPS) is 19.7. The molecule has 1 saturated carbocycles. The maximum atomic E-state index is 5.28. The first kappa shape index (κ1) is 12.0. The average Bonchev–Trinajstić information content (AvgIpc) is 2.07. The second-order valence-electron chi connectivity index (χ2n) is 4.35. The van der Waals surface area contributed by atoms with Gasteiger partial charge < -0.3 is 15.0 Å². The summed E-state index contributed by atoms with van der Waals surface area (Å²) in [4.78, 5) is 2.37. The SMILES string of the molecule is CCOCCNCC1(N(C)C)CCC1. The molecule has 0 aliphatic heterocycles. The van der Waals surface area contributed by atoms with E-state index in [-0.39, 0.29) is 0 Å². The van der Waals surface area contributed by atoms with Crippen LogP contribution >= 0.6 is 0 Å². The van der Waals surface area contributed by atoms with Crippen LogP contribution in [0.3, 0.4) is 0 Å². The highest BCUT2D eigenvalue weighted by Gasteiger charge is 2.38. The average molecular weight is 200 g/mol. The summed E-state index contributed by atoms with van der Waals surface area (Å²) in [5.41, 5.74) is 0.437. The van der Waals surface area contributed by atoms with E-state index in [0.29, 0.717) is 5.54 Å². The van der Waals surface area contributed by atoms with Crippen LogP contribution in [0.2, 0.25) is 0 Å². The Kier molecular flexibility index (Phi) is 4.85. The number of hydrogen-bond donors (Lipinski definition) is 1. The molecule has 0 unspecified atom stereocenters. The first-order chi connectivity index (χ1) is 6.71. The predicted octanol–water partition coefficient (Wildman–Crippen LogP) is 1.10. The standard InChI is InChI=1S/C11H24N2O/c1-4-14-9-8-12-10-11(13(2)3)6-5-7-11/h12H,4-10H2,1-3H3. The summed E-state index contributed by atoms with van der Waals surface area (Å²) in [7, 11) is 4.37. The van der Waals surface area contributed by atoms with Crippen LogP contribution in [0.15, 0.2) is 0 Å². The Hall–Kier alpha value is -0.120. The summed E-state index contributed by atoms with van der Waals surface area (Å²) in [5.74, 6) is 0. The predicted molar refractivity (Wildman–Crippen MR) is 59.6 cm³/mol. The highest BCUT2D eigenvalue weighted by molar-refractivity contribution is 4.97. The third kappa shape index (κ3) is 2.94. The second-order valence-corrected chi connectivity index (χ2v) is 4.35. The molecule has 0 aromatic rings. The zero-order chi connectivity index (χ0) is 10.4. The van der Waals surface area contributed by atoms with Crippen molar-refractivity contribution in [2.75, 3.05) is 40.4 Å².